The van der Waals surface area contributed by atoms with Crippen molar-refractivity contribution in [2.75, 3.05) is 6.61 Å². The fourth-order valence-electron chi connectivity index (χ4n) is 4.45. The second-order valence-corrected chi connectivity index (χ2v) is 7.73. The SMILES string of the molecule is CCOC(=O)c1c(-c2ccccc2)n(-c2ccccc2)c(=O)c2c1c1cc(F)ccc1n2C. The summed E-state index contributed by atoms with van der Waals surface area (Å²) in [6.07, 6.45) is 0. The number of hydrogen-bond donors (Lipinski definition) is 0. The van der Waals surface area contributed by atoms with Crippen molar-refractivity contribution in [2.24, 2.45) is 7.05 Å². The van der Waals surface area contributed by atoms with Gasteiger partial charge in [0.05, 0.1) is 17.9 Å². The maximum atomic E-state index is 14.3. The second-order valence-electron chi connectivity index (χ2n) is 7.73. The van der Waals surface area contributed by atoms with E-state index in [0.29, 0.717) is 38.8 Å². The zero-order valence-corrected chi connectivity index (χ0v) is 18.2. The molecule has 6 heteroatoms. The minimum atomic E-state index is -0.567. The third-order valence-corrected chi connectivity index (χ3v) is 5.82. The van der Waals surface area contributed by atoms with E-state index < -0.39 is 11.8 Å². The normalized spacial score (nSPS) is 11.2. The van der Waals surface area contributed by atoms with Gasteiger partial charge < -0.3 is 9.30 Å². The molecule has 0 N–H and O–H groups in total. The molecule has 0 bridgehead atoms. The average molecular weight is 440 g/mol. The molecule has 3 aromatic carbocycles. The summed E-state index contributed by atoms with van der Waals surface area (Å²) in [6.45, 7) is 1.89. The van der Waals surface area contributed by atoms with Crippen molar-refractivity contribution in [3.63, 3.8) is 0 Å². The fraction of sp³-hybridized carbons (Fsp3) is 0.111. The van der Waals surface area contributed by atoms with Gasteiger partial charge in [-0.3, -0.25) is 9.36 Å². The fourth-order valence-corrected chi connectivity index (χ4v) is 4.45. The molecular weight excluding hydrogens is 419 g/mol. The number of fused-ring (bicyclic) bond motifs is 3. The van der Waals surface area contributed by atoms with Gasteiger partial charge in [0.2, 0.25) is 0 Å². The van der Waals surface area contributed by atoms with Gasteiger partial charge in [-0.25, -0.2) is 9.18 Å². The monoisotopic (exact) mass is 440 g/mol. The largest absolute Gasteiger partial charge is 0.462 e. The summed E-state index contributed by atoms with van der Waals surface area (Å²) in [7, 11) is 1.75. The van der Waals surface area contributed by atoms with Crippen LogP contribution >= 0.6 is 0 Å². The molecule has 0 atom stereocenters. The van der Waals surface area contributed by atoms with Gasteiger partial charge in [-0.1, -0.05) is 48.5 Å². The van der Waals surface area contributed by atoms with Crippen LogP contribution in [0.25, 0.3) is 38.8 Å². The molecule has 5 nitrogen and oxygen atoms in total. The molecular formula is C27H21FN2O3. The molecule has 5 rings (SSSR count). The van der Waals surface area contributed by atoms with Crippen molar-refractivity contribution in [2.45, 2.75) is 6.92 Å². The number of para-hydroxylation sites is 1. The van der Waals surface area contributed by atoms with Crippen LogP contribution in [-0.4, -0.2) is 21.7 Å². The van der Waals surface area contributed by atoms with Crippen LogP contribution in [0.2, 0.25) is 0 Å². The number of hydrogen-bond acceptors (Lipinski definition) is 3. The Balaban J connectivity index is 2.10. The number of benzene rings is 3. The van der Waals surface area contributed by atoms with Gasteiger partial charge in [-0.15, -0.1) is 0 Å². The summed E-state index contributed by atoms with van der Waals surface area (Å²) in [4.78, 5) is 27.5. The van der Waals surface area contributed by atoms with Crippen molar-refractivity contribution < 1.29 is 13.9 Å². The zero-order valence-electron chi connectivity index (χ0n) is 18.2. The molecule has 0 amide bonds. The van der Waals surface area contributed by atoms with Gasteiger partial charge in [0.1, 0.15) is 11.3 Å². The van der Waals surface area contributed by atoms with Crippen molar-refractivity contribution in [1.82, 2.24) is 9.13 Å². The highest BCUT2D eigenvalue weighted by Crippen LogP contribution is 2.36. The maximum absolute atomic E-state index is 14.3. The lowest BCUT2D eigenvalue weighted by atomic mass is 9.99. The van der Waals surface area contributed by atoms with E-state index in [1.807, 2.05) is 60.7 Å². The summed E-state index contributed by atoms with van der Waals surface area (Å²) < 4.78 is 23.0. The Morgan fingerprint density at radius 3 is 2.30 bits per heavy atom. The molecule has 2 heterocycles. The van der Waals surface area contributed by atoms with Crippen LogP contribution in [0, 0.1) is 5.82 Å². The number of pyridine rings is 1. The van der Waals surface area contributed by atoms with Crippen LogP contribution < -0.4 is 5.56 Å². The molecule has 0 saturated heterocycles. The van der Waals surface area contributed by atoms with Gasteiger partial charge >= 0.3 is 5.97 Å². The Bertz CT molecular complexity index is 1570. The van der Waals surface area contributed by atoms with E-state index >= 15 is 0 Å². The van der Waals surface area contributed by atoms with Crippen LogP contribution in [0.4, 0.5) is 4.39 Å². The van der Waals surface area contributed by atoms with Crippen LogP contribution in [0.1, 0.15) is 17.3 Å². The number of esters is 1. The van der Waals surface area contributed by atoms with E-state index in [4.69, 9.17) is 4.74 Å². The van der Waals surface area contributed by atoms with E-state index in [1.54, 1.807) is 29.2 Å². The Morgan fingerprint density at radius 2 is 1.64 bits per heavy atom. The molecule has 164 valence electrons. The van der Waals surface area contributed by atoms with Crippen molar-refractivity contribution in [1.29, 1.82) is 0 Å². The van der Waals surface area contributed by atoms with Crippen molar-refractivity contribution >= 4 is 27.8 Å². The minimum Gasteiger partial charge on any atom is -0.462 e. The van der Waals surface area contributed by atoms with E-state index in [0.717, 1.165) is 0 Å². The summed E-state index contributed by atoms with van der Waals surface area (Å²) in [5, 5.41) is 0.881. The predicted octanol–water partition coefficient (Wildman–Crippen LogP) is 5.47. The van der Waals surface area contributed by atoms with E-state index in [1.165, 1.54) is 12.1 Å². The molecule has 2 aromatic heterocycles. The molecule has 33 heavy (non-hydrogen) atoms. The summed E-state index contributed by atoms with van der Waals surface area (Å²) in [6, 6.07) is 22.7. The average Bonchev–Trinajstić information content (AvgIpc) is 3.12. The summed E-state index contributed by atoms with van der Waals surface area (Å²) in [5.41, 5.74) is 2.59. The van der Waals surface area contributed by atoms with Gasteiger partial charge in [0.25, 0.3) is 5.56 Å². The second kappa shape index (κ2) is 8.06. The quantitative estimate of drug-likeness (QED) is 0.349. The molecule has 0 aliphatic rings. The highest BCUT2D eigenvalue weighted by molar-refractivity contribution is 6.19. The minimum absolute atomic E-state index is 0.165. The Kier molecular flexibility index (Phi) is 5.05. The Labute approximate surface area is 189 Å². The highest BCUT2D eigenvalue weighted by Gasteiger charge is 2.28. The first-order valence-corrected chi connectivity index (χ1v) is 10.7. The van der Waals surface area contributed by atoms with Crippen molar-refractivity contribution in [3.05, 3.63) is 101 Å². The first kappa shape index (κ1) is 20.7. The standard InChI is InChI=1S/C27H21FN2O3/c1-3-33-27(32)23-22-20-16-18(28)14-15-21(20)29(2)25(22)26(31)30(19-12-8-5-9-13-19)24(23)17-10-6-4-7-11-17/h4-16H,3H2,1-2H3. The smallest absolute Gasteiger partial charge is 0.341 e. The number of aryl methyl sites for hydroxylation is 1. The lowest BCUT2D eigenvalue weighted by Gasteiger charge is -2.19. The van der Waals surface area contributed by atoms with Gasteiger partial charge in [0, 0.05) is 29.0 Å². The number of aromatic nitrogens is 2. The van der Waals surface area contributed by atoms with E-state index in [9.17, 15) is 14.0 Å². The van der Waals surface area contributed by atoms with Crippen LogP contribution in [0.3, 0.4) is 0 Å². The van der Waals surface area contributed by atoms with Gasteiger partial charge in [-0.05, 0) is 42.8 Å². The number of rotatable bonds is 4. The van der Waals surface area contributed by atoms with E-state index in [-0.39, 0.29) is 17.7 Å². The summed E-state index contributed by atoms with van der Waals surface area (Å²) >= 11 is 0. The third kappa shape index (κ3) is 3.22. The molecule has 5 aromatic rings. The predicted molar refractivity (Wildman–Crippen MR) is 127 cm³/mol. The highest BCUT2D eigenvalue weighted by atomic mass is 19.1. The summed E-state index contributed by atoms with van der Waals surface area (Å²) in [5.74, 6) is -1.01. The Morgan fingerprint density at radius 1 is 0.970 bits per heavy atom. The molecule has 0 spiro atoms. The number of halogens is 1. The molecule has 0 saturated carbocycles. The van der Waals surface area contributed by atoms with Gasteiger partial charge in [0.15, 0.2) is 0 Å². The molecule has 0 aliphatic carbocycles. The molecule has 0 fully saturated rings. The molecule has 0 aliphatic heterocycles. The topological polar surface area (TPSA) is 53.2 Å². The number of ether oxygens (including phenoxy) is 1. The number of nitrogens with zero attached hydrogens (tertiary/aromatic N) is 2. The third-order valence-electron chi connectivity index (χ3n) is 5.82. The van der Waals surface area contributed by atoms with E-state index in [2.05, 4.69) is 0 Å². The van der Waals surface area contributed by atoms with Crippen LogP contribution in [-0.2, 0) is 11.8 Å². The Hall–Kier alpha value is -4.19. The first-order valence-electron chi connectivity index (χ1n) is 10.7. The molecule has 0 radical (unpaired) electrons. The maximum Gasteiger partial charge on any atom is 0.341 e. The number of carbonyl (C=O) groups excluding carboxylic acids is 1. The molecule has 0 unspecified atom stereocenters. The van der Waals surface area contributed by atoms with Gasteiger partial charge in [-0.2, -0.15) is 0 Å². The van der Waals surface area contributed by atoms with Crippen molar-refractivity contribution in [3.8, 4) is 16.9 Å². The van der Waals surface area contributed by atoms with Crippen LogP contribution in [0.5, 0.6) is 0 Å². The lowest BCUT2D eigenvalue weighted by Crippen LogP contribution is -2.25. The first-order chi connectivity index (χ1) is 16.0. The lowest BCUT2D eigenvalue weighted by molar-refractivity contribution is 0.0529. The number of carbonyl (C=O) groups is 1. The van der Waals surface area contributed by atoms with Crippen LogP contribution in [0.15, 0.2) is 83.7 Å². The zero-order chi connectivity index (χ0) is 23.1.